The summed E-state index contributed by atoms with van der Waals surface area (Å²) in [5.41, 5.74) is 0.656. The van der Waals surface area contributed by atoms with Crippen molar-refractivity contribution in [3.63, 3.8) is 0 Å². The number of aromatic hydroxyl groups is 1. The number of piperazine rings is 1. The van der Waals surface area contributed by atoms with Crippen LogP contribution in [0.4, 0.5) is 4.39 Å². The molecule has 1 aliphatic rings. The molecule has 3 nitrogen and oxygen atoms in total. The zero-order valence-corrected chi connectivity index (χ0v) is 11.1. The van der Waals surface area contributed by atoms with Gasteiger partial charge in [-0.15, -0.1) is 0 Å². The third-order valence-corrected chi connectivity index (χ3v) is 3.58. The minimum atomic E-state index is -0.482. The first-order chi connectivity index (χ1) is 8.22. The summed E-state index contributed by atoms with van der Waals surface area (Å²) in [7, 11) is 0. The van der Waals surface area contributed by atoms with Crippen molar-refractivity contribution in [2.24, 2.45) is 0 Å². The van der Waals surface area contributed by atoms with Crippen LogP contribution in [-0.4, -0.2) is 42.9 Å². The number of phenolic OH excluding ortho intramolecular Hbond substituents is 1. The molecular formula is C12H16BrFN2O. The SMILES string of the molecule is Oc1ccc(Br)cc1[C@@H](CF)N1CCNCC1. The van der Waals surface area contributed by atoms with Crippen LogP contribution in [0.25, 0.3) is 0 Å². The van der Waals surface area contributed by atoms with Gasteiger partial charge in [-0.3, -0.25) is 4.90 Å². The van der Waals surface area contributed by atoms with Gasteiger partial charge in [-0.2, -0.15) is 0 Å². The molecule has 1 saturated heterocycles. The number of phenols is 1. The average molecular weight is 303 g/mol. The molecule has 2 rings (SSSR count). The molecule has 0 spiro atoms. The molecule has 1 fully saturated rings. The minimum absolute atomic E-state index is 0.161. The van der Waals surface area contributed by atoms with E-state index in [-0.39, 0.29) is 11.8 Å². The lowest BCUT2D eigenvalue weighted by atomic mass is 10.0. The fourth-order valence-electron chi connectivity index (χ4n) is 2.16. The second-order valence-corrected chi connectivity index (χ2v) is 5.07. The standard InChI is InChI=1S/C12H16BrFN2O/c13-9-1-2-12(17)10(7-9)11(8-14)16-5-3-15-4-6-16/h1-2,7,11,15,17H,3-6,8H2/t11-/m1/s1. The van der Waals surface area contributed by atoms with E-state index in [1.807, 2.05) is 0 Å². The highest BCUT2D eigenvalue weighted by atomic mass is 79.9. The van der Waals surface area contributed by atoms with Crippen molar-refractivity contribution in [2.75, 3.05) is 32.9 Å². The summed E-state index contributed by atoms with van der Waals surface area (Å²) in [6.07, 6.45) is 0. The number of hydrogen-bond acceptors (Lipinski definition) is 3. The van der Waals surface area contributed by atoms with Gasteiger partial charge in [-0.05, 0) is 18.2 Å². The van der Waals surface area contributed by atoms with E-state index in [0.29, 0.717) is 5.56 Å². The van der Waals surface area contributed by atoms with Gasteiger partial charge < -0.3 is 10.4 Å². The second kappa shape index (κ2) is 5.80. The quantitative estimate of drug-likeness (QED) is 0.897. The molecule has 1 aromatic carbocycles. The van der Waals surface area contributed by atoms with Gasteiger partial charge >= 0.3 is 0 Å². The fourth-order valence-corrected chi connectivity index (χ4v) is 2.54. The van der Waals surface area contributed by atoms with E-state index in [4.69, 9.17) is 0 Å². The van der Waals surface area contributed by atoms with Crippen molar-refractivity contribution in [2.45, 2.75) is 6.04 Å². The fraction of sp³-hybridized carbons (Fsp3) is 0.500. The van der Waals surface area contributed by atoms with Gasteiger partial charge in [-0.1, -0.05) is 15.9 Å². The molecule has 94 valence electrons. The van der Waals surface area contributed by atoms with Crippen molar-refractivity contribution in [3.8, 4) is 5.75 Å². The lowest BCUT2D eigenvalue weighted by Gasteiger charge is -2.33. The monoisotopic (exact) mass is 302 g/mol. The first-order valence-corrected chi connectivity index (χ1v) is 6.51. The first kappa shape index (κ1) is 12.8. The van der Waals surface area contributed by atoms with Crippen molar-refractivity contribution in [1.82, 2.24) is 10.2 Å². The molecule has 0 bridgehead atoms. The molecule has 0 saturated carbocycles. The third kappa shape index (κ3) is 2.97. The smallest absolute Gasteiger partial charge is 0.120 e. The van der Waals surface area contributed by atoms with Crippen LogP contribution >= 0.6 is 15.9 Å². The van der Waals surface area contributed by atoms with Crippen LogP contribution in [0.2, 0.25) is 0 Å². The summed E-state index contributed by atoms with van der Waals surface area (Å²) >= 11 is 3.35. The number of nitrogens with one attached hydrogen (secondary N) is 1. The lowest BCUT2D eigenvalue weighted by molar-refractivity contribution is 0.145. The molecule has 0 aromatic heterocycles. The van der Waals surface area contributed by atoms with Gasteiger partial charge in [0.05, 0.1) is 6.04 Å². The van der Waals surface area contributed by atoms with E-state index >= 15 is 0 Å². The predicted molar refractivity (Wildman–Crippen MR) is 69.0 cm³/mol. The number of benzene rings is 1. The largest absolute Gasteiger partial charge is 0.508 e. The maximum absolute atomic E-state index is 13.3. The Balaban J connectivity index is 2.24. The molecule has 0 radical (unpaired) electrons. The first-order valence-electron chi connectivity index (χ1n) is 5.71. The van der Waals surface area contributed by atoms with Crippen LogP contribution in [-0.2, 0) is 0 Å². The van der Waals surface area contributed by atoms with Crippen molar-refractivity contribution in [1.29, 1.82) is 0 Å². The Morgan fingerprint density at radius 3 is 2.76 bits per heavy atom. The summed E-state index contributed by atoms with van der Waals surface area (Å²) in [5, 5.41) is 13.1. The molecule has 17 heavy (non-hydrogen) atoms. The molecular weight excluding hydrogens is 287 g/mol. The van der Waals surface area contributed by atoms with E-state index in [1.54, 1.807) is 18.2 Å². The van der Waals surface area contributed by atoms with Crippen LogP contribution in [0.1, 0.15) is 11.6 Å². The van der Waals surface area contributed by atoms with Gasteiger partial charge in [0, 0.05) is 36.2 Å². The topological polar surface area (TPSA) is 35.5 Å². The van der Waals surface area contributed by atoms with Gasteiger partial charge in [0.2, 0.25) is 0 Å². The molecule has 1 heterocycles. The minimum Gasteiger partial charge on any atom is -0.508 e. The molecule has 5 heteroatoms. The third-order valence-electron chi connectivity index (χ3n) is 3.09. The maximum Gasteiger partial charge on any atom is 0.120 e. The summed E-state index contributed by atoms with van der Waals surface area (Å²) in [4.78, 5) is 2.07. The molecule has 1 atom stereocenters. The second-order valence-electron chi connectivity index (χ2n) is 4.16. The Morgan fingerprint density at radius 2 is 2.12 bits per heavy atom. The van der Waals surface area contributed by atoms with Gasteiger partial charge in [0.15, 0.2) is 0 Å². The summed E-state index contributed by atoms with van der Waals surface area (Å²) < 4.78 is 14.1. The highest BCUT2D eigenvalue weighted by Gasteiger charge is 2.24. The van der Waals surface area contributed by atoms with E-state index in [2.05, 4.69) is 26.1 Å². The molecule has 0 unspecified atom stereocenters. The molecule has 0 aliphatic carbocycles. The van der Waals surface area contributed by atoms with Crippen molar-refractivity contribution in [3.05, 3.63) is 28.2 Å². The lowest BCUT2D eigenvalue weighted by Crippen LogP contribution is -2.45. The van der Waals surface area contributed by atoms with Crippen molar-refractivity contribution >= 4 is 15.9 Å². The number of rotatable bonds is 3. The number of halogens is 2. The summed E-state index contributed by atoms with van der Waals surface area (Å²) in [6, 6.07) is 4.80. The zero-order chi connectivity index (χ0) is 12.3. The van der Waals surface area contributed by atoms with E-state index in [0.717, 1.165) is 30.7 Å². The highest BCUT2D eigenvalue weighted by Crippen LogP contribution is 2.31. The van der Waals surface area contributed by atoms with Crippen LogP contribution in [0.15, 0.2) is 22.7 Å². The zero-order valence-electron chi connectivity index (χ0n) is 9.50. The van der Waals surface area contributed by atoms with E-state index in [9.17, 15) is 9.50 Å². The highest BCUT2D eigenvalue weighted by molar-refractivity contribution is 9.10. The van der Waals surface area contributed by atoms with E-state index < -0.39 is 6.67 Å². The van der Waals surface area contributed by atoms with Crippen molar-refractivity contribution < 1.29 is 9.50 Å². The van der Waals surface area contributed by atoms with Crippen LogP contribution in [0.5, 0.6) is 5.75 Å². The Kier molecular flexibility index (Phi) is 4.36. The molecule has 2 N–H and O–H groups in total. The van der Waals surface area contributed by atoms with Crippen LogP contribution in [0, 0.1) is 0 Å². The Morgan fingerprint density at radius 1 is 1.41 bits per heavy atom. The van der Waals surface area contributed by atoms with Crippen LogP contribution in [0.3, 0.4) is 0 Å². The number of hydrogen-bond donors (Lipinski definition) is 2. The predicted octanol–water partition coefficient (Wildman–Crippen LogP) is 2.07. The normalized spacial score (nSPS) is 19.2. The average Bonchev–Trinajstić information content (AvgIpc) is 2.36. The molecule has 1 aliphatic heterocycles. The Labute approximate surface area is 109 Å². The van der Waals surface area contributed by atoms with E-state index in [1.165, 1.54) is 0 Å². The van der Waals surface area contributed by atoms with Crippen LogP contribution < -0.4 is 5.32 Å². The number of alkyl halides is 1. The maximum atomic E-state index is 13.3. The Hall–Kier alpha value is -0.650. The Bertz CT molecular complexity index is 383. The number of nitrogens with zero attached hydrogens (tertiary/aromatic N) is 1. The molecule has 1 aromatic rings. The summed E-state index contributed by atoms with van der Waals surface area (Å²) in [6.45, 7) is 2.86. The van der Waals surface area contributed by atoms with Gasteiger partial charge in [0.1, 0.15) is 12.4 Å². The molecule has 0 amide bonds. The summed E-state index contributed by atoms with van der Waals surface area (Å²) in [5.74, 6) is 0.161. The van der Waals surface area contributed by atoms with Gasteiger partial charge in [-0.25, -0.2) is 4.39 Å². The van der Waals surface area contributed by atoms with Gasteiger partial charge in [0.25, 0.3) is 0 Å².